The molecule has 1 fully saturated rings. The molecule has 1 aromatic carbocycles. The van der Waals surface area contributed by atoms with Crippen LogP contribution in [0.2, 0.25) is 5.02 Å². The number of anilines is 1. The van der Waals surface area contributed by atoms with Gasteiger partial charge in [0.25, 0.3) is 0 Å². The van der Waals surface area contributed by atoms with Crippen LogP contribution >= 0.6 is 11.6 Å². The normalized spacial score (nSPS) is 24.0. The number of benzene rings is 1. The first-order valence-corrected chi connectivity index (χ1v) is 8.67. The number of rotatable bonds is 3. The molecule has 4 nitrogen and oxygen atoms in total. The van der Waals surface area contributed by atoms with Gasteiger partial charge in [0.05, 0.1) is 5.69 Å². The van der Waals surface area contributed by atoms with E-state index < -0.39 is 10.0 Å². The van der Waals surface area contributed by atoms with Crippen LogP contribution in [0.3, 0.4) is 0 Å². The number of sulfonamides is 1. The first kappa shape index (κ1) is 15.6. The summed E-state index contributed by atoms with van der Waals surface area (Å²) in [4.78, 5) is 0.103. The van der Waals surface area contributed by atoms with Gasteiger partial charge in [-0.05, 0) is 37.0 Å². The van der Waals surface area contributed by atoms with Crippen molar-refractivity contribution in [1.82, 2.24) is 4.31 Å². The van der Waals surface area contributed by atoms with Crippen molar-refractivity contribution in [3.05, 3.63) is 23.2 Å². The zero-order valence-corrected chi connectivity index (χ0v) is 13.4. The number of hydrogen-bond acceptors (Lipinski definition) is 3. The molecule has 0 radical (unpaired) electrons. The maximum Gasteiger partial charge on any atom is 0.245 e. The van der Waals surface area contributed by atoms with Gasteiger partial charge in [-0.1, -0.05) is 31.4 Å². The third-order valence-corrected chi connectivity index (χ3v) is 6.26. The molecule has 112 valence electrons. The van der Waals surface area contributed by atoms with Crippen molar-refractivity contribution in [2.75, 3.05) is 12.8 Å². The second kappa shape index (κ2) is 5.92. The highest BCUT2D eigenvalue weighted by atomic mass is 35.5. The van der Waals surface area contributed by atoms with Crippen molar-refractivity contribution in [3.8, 4) is 0 Å². The topological polar surface area (TPSA) is 63.4 Å². The average Bonchev–Trinajstić information content (AvgIpc) is 2.40. The highest BCUT2D eigenvalue weighted by Gasteiger charge is 2.32. The summed E-state index contributed by atoms with van der Waals surface area (Å²) in [5.41, 5.74) is 6.05. The standard InChI is InChI=1S/C14H21ClN2O2S/c1-10-4-3-5-12(8-10)17(2)20(18,19)14-9-11(15)6-7-13(14)16/h6-7,9-10,12H,3-5,8,16H2,1-2H3. The van der Waals surface area contributed by atoms with Crippen LogP contribution in [0, 0.1) is 5.92 Å². The van der Waals surface area contributed by atoms with E-state index in [2.05, 4.69) is 6.92 Å². The van der Waals surface area contributed by atoms with Gasteiger partial charge in [0.1, 0.15) is 4.90 Å². The lowest BCUT2D eigenvalue weighted by molar-refractivity contribution is 0.239. The summed E-state index contributed by atoms with van der Waals surface area (Å²) < 4.78 is 26.9. The van der Waals surface area contributed by atoms with Gasteiger partial charge < -0.3 is 5.73 Å². The van der Waals surface area contributed by atoms with Crippen molar-refractivity contribution in [1.29, 1.82) is 0 Å². The third-order valence-electron chi connectivity index (χ3n) is 4.06. The highest BCUT2D eigenvalue weighted by Crippen LogP contribution is 2.32. The Bertz CT molecular complexity index is 589. The van der Waals surface area contributed by atoms with Crippen molar-refractivity contribution in [2.24, 2.45) is 5.92 Å². The summed E-state index contributed by atoms with van der Waals surface area (Å²) >= 11 is 5.90. The molecule has 1 aliphatic carbocycles. The molecule has 0 saturated heterocycles. The first-order valence-electron chi connectivity index (χ1n) is 6.85. The second-order valence-corrected chi connectivity index (χ2v) is 8.03. The fourth-order valence-electron chi connectivity index (χ4n) is 2.82. The lowest BCUT2D eigenvalue weighted by Crippen LogP contribution is -2.40. The van der Waals surface area contributed by atoms with Gasteiger partial charge >= 0.3 is 0 Å². The average molecular weight is 317 g/mol. The molecule has 0 bridgehead atoms. The molecule has 1 aliphatic rings. The smallest absolute Gasteiger partial charge is 0.245 e. The molecule has 2 rings (SSSR count). The molecule has 0 heterocycles. The number of nitrogens with zero attached hydrogens (tertiary/aromatic N) is 1. The predicted molar refractivity (Wildman–Crippen MR) is 82.2 cm³/mol. The Hall–Kier alpha value is -0.780. The summed E-state index contributed by atoms with van der Waals surface area (Å²) in [7, 11) is -1.95. The zero-order valence-electron chi connectivity index (χ0n) is 11.8. The van der Waals surface area contributed by atoms with Crippen LogP contribution in [-0.2, 0) is 10.0 Å². The van der Waals surface area contributed by atoms with Gasteiger partial charge in [-0.3, -0.25) is 0 Å². The molecule has 2 atom stereocenters. The van der Waals surface area contributed by atoms with Crippen LogP contribution in [0.5, 0.6) is 0 Å². The number of hydrogen-bond donors (Lipinski definition) is 1. The Labute approximate surface area is 126 Å². The maximum absolute atomic E-state index is 12.7. The van der Waals surface area contributed by atoms with Crippen LogP contribution in [-0.4, -0.2) is 25.8 Å². The molecule has 1 saturated carbocycles. The summed E-state index contributed by atoms with van der Waals surface area (Å²) in [6.45, 7) is 2.17. The van der Waals surface area contributed by atoms with E-state index in [1.807, 2.05) is 0 Å². The minimum atomic E-state index is -3.59. The number of nitrogen functional groups attached to an aromatic ring is 1. The molecular formula is C14H21ClN2O2S. The third kappa shape index (κ3) is 3.10. The van der Waals surface area contributed by atoms with E-state index in [1.54, 1.807) is 13.1 Å². The fourth-order valence-corrected chi connectivity index (χ4v) is 4.59. The number of halogens is 1. The quantitative estimate of drug-likeness (QED) is 0.871. The van der Waals surface area contributed by atoms with Crippen LogP contribution in [0.1, 0.15) is 32.6 Å². The van der Waals surface area contributed by atoms with Crippen LogP contribution in [0.15, 0.2) is 23.1 Å². The zero-order chi connectivity index (χ0) is 14.9. The molecule has 20 heavy (non-hydrogen) atoms. The van der Waals surface area contributed by atoms with Gasteiger partial charge in [-0.2, -0.15) is 4.31 Å². The Kier molecular flexibility index (Phi) is 4.62. The molecule has 2 N–H and O–H groups in total. The van der Waals surface area contributed by atoms with Crippen molar-refractivity contribution >= 4 is 27.3 Å². The van der Waals surface area contributed by atoms with Crippen LogP contribution in [0.4, 0.5) is 5.69 Å². The van der Waals surface area contributed by atoms with Gasteiger partial charge in [0.15, 0.2) is 0 Å². The monoisotopic (exact) mass is 316 g/mol. The summed E-state index contributed by atoms with van der Waals surface area (Å²) in [6, 6.07) is 4.60. The fraction of sp³-hybridized carbons (Fsp3) is 0.571. The van der Waals surface area contributed by atoms with E-state index >= 15 is 0 Å². The maximum atomic E-state index is 12.7. The van der Waals surface area contributed by atoms with E-state index in [0.29, 0.717) is 10.9 Å². The van der Waals surface area contributed by atoms with Crippen LogP contribution < -0.4 is 5.73 Å². The lowest BCUT2D eigenvalue weighted by Gasteiger charge is -2.33. The van der Waals surface area contributed by atoms with Crippen molar-refractivity contribution < 1.29 is 8.42 Å². The van der Waals surface area contributed by atoms with E-state index in [9.17, 15) is 8.42 Å². The van der Waals surface area contributed by atoms with E-state index in [4.69, 9.17) is 17.3 Å². The van der Waals surface area contributed by atoms with Crippen LogP contribution in [0.25, 0.3) is 0 Å². The number of nitrogens with two attached hydrogens (primary N) is 1. The van der Waals surface area contributed by atoms with E-state index in [-0.39, 0.29) is 16.6 Å². The largest absolute Gasteiger partial charge is 0.398 e. The minimum Gasteiger partial charge on any atom is -0.398 e. The van der Waals surface area contributed by atoms with Crippen molar-refractivity contribution in [2.45, 2.75) is 43.5 Å². The van der Waals surface area contributed by atoms with E-state index in [0.717, 1.165) is 19.3 Å². The summed E-state index contributed by atoms with van der Waals surface area (Å²) in [5, 5.41) is 0.378. The Morgan fingerprint density at radius 2 is 2.05 bits per heavy atom. The molecule has 6 heteroatoms. The molecule has 0 aromatic heterocycles. The Morgan fingerprint density at radius 3 is 2.70 bits per heavy atom. The lowest BCUT2D eigenvalue weighted by atomic mass is 9.87. The first-order chi connectivity index (χ1) is 9.32. The summed E-state index contributed by atoms with van der Waals surface area (Å²) in [6.07, 6.45) is 4.04. The van der Waals surface area contributed by atoms with Crippen molar-refractivity contribution in [3.63, 3.8) is 0 Å². The van der Waals surface area contributed by atoms with Gasteiger partial charge in [-0.25, -0.2) is 8.42 Å². The van der Waals surface area contributed by atoms with Gasteiger partial charge in [0.2, 0.25) is 10.0 Å². The molecule has 1 aromatic rings. The Balaban J connectivity index is 2.31. The minimum absolute atomic E-state index is 0.0436. The molecular weight excluding hydrogens is 296 g/mol. The molecule has 2 unspecified atom stereocenters. The van der Waals surface area contributed by atoms with E-state index in [1.165, 1.54) is 22.9 Å². The predicted octanol–water partition coefficient (Wildman–Crippen LogP) is 3.12. The van der Waals surface area contributed by atoms with Gasteiger partial charge in [0, 0.05) is 18.1 Å². The molecule has 0 aliphatic heterocycles. The molecule has 0 spiro atoms. The highest BCUT2D eigenvalue weighted by molar-refractivity contribution is 7.89. The summed E-state index contributed by atoms with van der Waals surface area (Å²) in [5.74, 6) is 0.558. The second-order valence-electron chi connectivity index (χ2n) is 5.63. The Morgan fingerprint density at radius 1 is 1.35 bits per heavy atom. The SMILES string of the molecule is CC1CCCC(N(C)S(=O)(=O)c2cc(Cl)ccc2N)C1. The van der Waals surface area contributed by atoms with Gasteiger partial charge in [-0.15, -0.1) is 0 Å². The molecule has 0 amide bonds.